The molecule has 0 aliphatic heterocycles. The molecule has 2 amide bonds. The van der Waals surface area contributed by atoms with Crippen LogP contribution in [0.4, 0.5) is 4.79 Å². The van der Waals surface area contributed by atoms with E-state index in [4.69, 9.17) is 0 Å². The normalized spacial score (nSPS) is 10.7. The van der Waals surface area contributed by atoms with Gasteiger partial charge in [-0.05, 0) is 49.1 Å². The number of aryl methyl sites for hydroxylation is 2. The van der Waals surface area contributed by atoms with E-state index in [0.29, 0.717) is 19.6 Å². The van der Waals surface area contributed by atoms with Crippen molar-refractivity contribution in [2.45, 2.75) is 46.8 Å². The van der Waals surface area contributed by atoms with Crippen LogP contribution in [-0.4, -0.2) is 32.0 Å². The number of nitrogens with one attached hydrogen (secondary N) is 1. The molecule has 0 unspecified atom stereocenters. The Morgan fingerprint density at radius 2 is 1.90 bits per heavy atom. The molecule has 152 valence electrons. The van der Waals surface area contributed by atoms with Crippen LogP contribution in [0, 0.1) is 13.8 Å². The fourth-order valence-electron chi connectivity index (χ4n) is 3.21. The molecule has 3 rings (SSSR count). The van der Waals surface area contributed by atoms with Gasteiger partial charge in [0.1, 0.15) is 5.82 Å². The van der Waals surface area contributed by atoms with Crippen LogP contribution < -0.4 is 5.32 Å². The summed E-state index contributed by atoms with van der Waals surface area (Å²) in [4.78, 5) is 23.2. The summed E-state index contributed by atoms with van der Waals surface area (Å²) in [5, 5.41) is 2.99. The van der Waals surface area contributed by atoms with E-state index in [-0.39, 0.29) is 6.03 Å². The standard InChI is InChI=1S/C23H29N5O/c1-4-9-26-23(29)28(15-20-7-10-24-11-8-20)17-22-25-12-13-27(22)16-21-14-18(2)5-6-19(21)3/h5-8,10-14H,4,9,15-17H2,1-3H3,(H,26,29). The van der Waals surface area contributed by atoms with Gasteiger partial charge in [0.05, 0.1) is 6.54 Å². The highest BCUT2D eigenvalue weighted by Gasteiger charge is 2.17. The summed E-state index contributed by atoms with van der Waals surface area (Å²) in [6.07, 6.45) is 8.18. The first-order valence-electron chi connectivity index (χ1n) is 10.0. The van der Waals surface area contributed by atoms with Gasteiger partial charge in [-0.1, -0.05) is 30.7 Å². The van der Waals surface area contributed by atoms with E-state index in [1.54, 1.807) is 23.5 Å². The number of amides is 2. The molecule has 0 saturated carbocycles. The summed E-state index contributed by atoms with van der Waals surface area (Å²) in [7, 11) is 0. The van der Waals surface area contributed by atoms with E-state index < -0.39 is 0 Å². The van der Waals surface area contributed by atoms with Crippen molar-refractivity contribution in [2.24, 2.45) is 0 Å². The third-order valence-corrected chi connectivity index (χ3v) is 4.92. The van der Waals surface area contributed by atoms with Crippen molar-refractivity contribution in [1.29, 1.82) is 0 Å². The fraction of sp³-hybridized carbons (Fsp3) is 0.348. The third-order valence-electron chi connectivity index (χ3n) is 4.92. The van der Waals surface area contributed by atoms with Gasteiger partial charge in [0.25, 0.3) is 0 Å². The maximum atomic E-state index is 12.8. The molecule has 0 atom stereocenters. The summed E-state index contributed by atoms with van der Waals surface area (Å²) >= 11 is 0. The topological polar surface area (TPSA) is 63.1 Å². The quantitative estimate of drug-likeness (QED) is 0.630. The smallest absolute Gasteiger partial charge is 0.318 e. The van der Waals surface area contributed by atoms with Gasteiger partial charge in [-0.25, -0.2) is 9.78 Å². The molecule has 2 heterocycles. The molecule has 1 aromatic carbocycles. The summed E-state index contributed by atoms with van der Waals surface area (Å²) in [5.41, 5.74) is 4.80. The number of carbonyl (C=O) groups is 1. The highest BCUT2D eigenvalue weighted by Crippen LogP contribution is 2.15. The molecule has 0 fully saturated rings. The maximum Gasteiger partial charge on any atom is 0.318 e. The van der Waals surface area contributed by atoms with Crippen LogP contribution in [0.3, 0.4) is 0 Å². The zero-order chi connectivity index (χ0) is 20.6. The average Bonchev–Trinajstić information content (AvgIpc) is 3.16. The van der Waals surface area contributed by atoms with Crippen molar-refractivity contribution in [3.8, 4) is 0 Å². The zero-order valence-electron chi connectivity index (χ0n) is 17.4. The number of nitrogens with zero attached hydrogens (tertiary/aromatic N) is 4. The Balaban J connectivity index is 1.79. The highest BCUT2D eigenvalue weighted by atomic mass is 16.2. The fourth-order valence-corrected chi connectivity index (χ4v) is 3.21. The van der Waals surface area contributed by atoms with Gasteiger partial charge in [0.2, 0.25) is 0 Å². The first kappa shape index (κ1) is 20.6. The molecule has 0 aliphatic carbocycles. The minimum Gasteiger partial charge on any atom is -0.338 e. The van der Waals surface area contributed by atoms with E-state index in [9.17, 15) is 4.79 Å². The zero-order valence-corrected chi connectivity index (χ0v) is 17.4. The lowest BCUT2D eigenvalue weighted by Gasteiger charge is -2.23. The van der Waals surface area contributed by atoms with E-state index in [1.807, 2.05) is 25.3 Å². The summed E-state index contributed by atoms with van der Waals surface area (Å²) in [6, 6.07) is 10.3. The molecule has 0 spiro atoms. The second-order valence-corrected chi connectivity index (χ2v) is 7.34. The lowest BCUT2D eigenvalue weighted by molar-refractivity contribution is 0.190. The minimum atomic E-state index is -0.0788. The van der Waals surface area contributed by atoms with Gasteiger partial charge >= 0.3 is 6.03 Å². The summed E-state index contributed by atoms with van der Waals surface area (Å²) < 4.78 is 2.12. The van der Waals surface area contributed by atoms with Crippen LogP contribution in [0.2, 0.25) is 0 Å². The Hall–Kier alpha value is -3.15. The molecule has 1 N–H and O–H groups in total. The number of carbonyl (C=O) groups excluding carboxylic acids is 1. The van der Waals surface area contributed by atoms with Crippen molar-refractivity contribution in [1.82, 2.24) is 24.8 Å². The van der Waals surface area contributed by atoms with Crippen molar-refractivity contribution in [2.75, 3.05) is 6.54 Å². The predicted octanol–water partition coefficient (Wildman–Crippen LogP) is 4.07. The van der Waals surface area contributed by atoms with Crippen LogP contribution >= 0.6 is 0 Å². The molecule has 2 aromatic heterocycles. The van der Waals surface area contributed by atoms with Crippen molar-refractivity contribution >= 4 is 6.03 Å². The molecule has 0 saturated heterocycles. The molecular formula is C23H29N5O. The van der Waals surface area contributed by atoms with Crippen LogP contribution in [0.25, 0.3) is 0 Å². The van der Waals surface area contributed by atoms with Gasteiger partial charge in [0.15, 0.2) is 0 Å². The number of hydrogen-bond donors (Lipinski definition) is 1. The lowest BCUT2D eigenvalue weighted by atomic mass is 10.1. The minimum absolute atomic E-state index is 0.0788. The van der Waals surface area contributed by atoms with Gasteiger partial charge in [0, 0.05) is 44.4 Å². The Morgan fingerprint density at radius 3 is 2.66 bits per heavy atom. The summed E-state index contributed by atoms with van der Waals surface area (Å²) in [5.74, 6) is 0.867. The molecular weight excluding hydrogens is 362 g/mol. The van der Waals surface area contributed by atoms with Crippen molar-refractivity contribution in [3.63, 3.8) is 0 Å². The first-order chi connectivity index (χ1) is 14.1. The largest absolute Gasteiger partial charge is 0.338 e. The van der Waals surface area contributed by atoms with Gasteiger partial charge in [-0.3, -0.25) is 4.98 Å². The maximum absolute atomic E-state index is 12.8. The van der Waals surface area contributed by atoms with E-state index >= 15 is 0 Å². The van der Waals surface area contributed by atoms with E-state index in [0.717, 1.165) is 24.4 Å². The molecule has 3 aromatic rings. The number of rotatable bonds is 8. The van der Waals surface area contributed by atoms with Crippen LogP contribution in [0.1, 0.15) is 41.4 Å². The van der Waals surface area contributed by atoms with Crippen LogP contribution in [0.5, 0.6) is 0 Å². The first-order valence-corrected chi connectivity index (χ1v) is 10.0. The molecule has 6 heteroatoms. The Bertz CT molecular complexity index is 935. The van der Waals surface area contributed by atoms with Crippen molar-refractivity contribution in [3.05, 3.63) is 83.2 Å². The Labute approximate surface area is 172 Å². The molecule has 0 radical (unpaired) electrons. The van der Waals surface area contributed by atoms with Crippen LogP contribution in [0.15, 0.2) is 55.1 Å². The van der Waals surface area contributed by atoms with Gasteiger partial charge < -0.3 is 14.8 Å². The molecule has 29 heavy (non-hydrogen) atoms. The SMILES string of the molecule is CCCNC(=O)N(Cc1ccncc1)Cc1nccn1Cc1cc(C)ccc1C. The third kappa shape index (κ3) is 5.67. The summed E-state index contributed by atoms with van der Waals surface area (Å²) in [6.45, 7) is 8.62. The number of imidazole rings is 1. The molecule has 0 aliphatic rings. The average molecular weight is 392 g/mol. The molecule has 0 bridgehead atoms. The number of urea groups is 1. The molecule has 6 nitrogen and oxygen atoms in total. The van der Waals surface area contributed by atoms with E-state index in [1.165, 1.54) is 16.7 Å². The Kier molecular flexibility index (Phi) is 7.00. The monoisotopic (exact) mass is 391 g/mol. The Morgan fingerprint density at radius 1 is 1.10 bits per heavy atom. The van der Waals surface area contributed by atoms with Gasteiger partial charge in [-0.15, -0.1) is 0 Å². The van der Waals surface area contributed by atoms with Crippen LogP contribution in [-0.2, 0) is 19.6 Å². The second-order valence-electron chi connectivity index (χ2n) is 7.34. The van der Waals surface area contributed by atoms with E-state index in [2.05, 4.69) is 51.9 Å². The second kappa shape index (κ2) is 9.87. The lowest BCUT2D eigenvalue weighted by Crippen LogP contribution is -2.40. The predicted molar refractivity (Wildman–Crippen MR) is 114 cm³/mol. The van der Waals surface area contributed by atoms with Crippen molar-refractivity contribution < 1.29 is 4.79 Å². The number of aromatic nitrogens is 3. The number of pyridine rings is 1. The highest BCUT2D eigenvalue weighted by molar-refractivity contribution is 5.74. The number of hydrogen-bond acceptors (Lipinski definition) is 3. The van der Waals surface area contributed by atoms with Gasteiger partial charge in [-0.2, -0.15) is 0 Å². The number of benzene rings is 1.